The molecule has 0 fully saturated rings. The lowest BCUT2D eigenvalue weighted by molar-refractivity contribution is 0.660. The molecule has 1 aliphatic rings. The Morgan fingerprint density at radius 3 is 2.04 bits per heavy atom. The Hall–Kier alpha value is -5.60. The van der Waals surface area contributed by atoms with Crippen molar-refractivity contribution >= 4 is 54.4 Å². The lowest BCUT2D eigenvalue weighted by Crippen LogP contribution is -2.15. The summed E-state index contributed by atoms with van der Waals surface area (Å²) in [6.07, 6.45) is 0. The van der Waals surface area contributed by atoms with E-state index in [-0.39, 0.29) is 5.41 Å². The fourth-order valence-corrected chi connectivity index (χ4v) is 8.20. The highest BCUT2D eigenvalue weighted by molar-refractivity contribution is 6.24. The van der Waals surface area contributed by atoms with Crippen LogP contribution in [0.4, 0.5) is 0 Å². The maximum Gasteiger partial charge on any atom is 0.0553 e. The number of fused-ring (bicyclic) bond motifs is 11. The Balaban J connectivity index is 1.28. The molecule has 45 heavy (non-hydrogen) atoms. The van der Waals surface area contributed by atoms with Crippen LogP contribution in [-0.4, -0.2) is 9.55 Å². The zero-order valence-corrected chi connectivity index (χ0v) is 25.2. The summed E-state index contributed by atoms with van der Waals surface area (Å²) in [5.74, 6) is 0. The molecular formula is C43H30N2. The summed E-state index contributed by atoms with van der Waals surface area (Å²) in [5, 5.41) is 7.67. The van der Waals surface area contributed by atoms with Gasteiger partial charge in [-0.15, -0.1) is 0 Å². The van der Waals surface area contributed by atoms with Crippen molar-refractivity contribution < 1.29 is 0 Å². The molecule has 7 aromatic carbocycles. The van der Waals surface area contributed by atoms with Crippen LogP contribution in [0.25, 0.3) is 82.3 Å². The molecule has 2 nitrogen and oxygen atoms in total. The molecule has 0 atom stereocenters. The molecule has 0 aliphatic heterocycles. The van der Waals surface area contributed by atoms with Crippen LogP contribution in [0.3, 0.4) is 0 Å². The minimum atomic E-state index is -0.0620. The molecular weight excluding hydrogens is 544 g/mol. The van der Waals surface area contributed by atoms with Gasteiger partial charge in [-0.25, -0.2) is 0 Å². The Labute approximate surface area is 261 Å². The molecule has 2 aromatic heterocycles. The zero-order valence-electron chi connectivity index (χ0n) is 25.2. The maximum atomic E-state index is 3.67. The third-order valence-electron chi connectivity index (χ3n) is 10.3. The van der Waals surface area contributed by atoms with Crippen LogP contribution in [0, 0.1) is 0 Å². The summed E-state index contributed by atoms with van der Waals surface area (Å²) >= 11 is 0. The molecule has 0 amide bonds. The number of para-hydroxylation sites is 2. The summed E-state index contributed by atoms with van der Waals surface area (Å²) in [4.78, 5) is 3.67. The monoisotopic (exact) mass is 574 g/mol. The van der Waals surface area contributed by atoms with E-state index < -0.39 is 0 Å². The number of hydrogen-bond acceptors (Lipinski definition) is 0. The smallest absolute Gasteiger partial charge is 0.0553 e. The van der Waals surface area contributed by atoms with Gasteiger partial charge in [0, 0.05) is 43.7 Å². The number of rotatable bonds is 2. The number of aromatic amines is 1. The standard InChI is InChI=1S/C43H30N2/c1-43(2)36-16-8-5-12-29(36)30-22-20-27(24-37(30)43)45-40-18-10-7-15-34(40)42-33-14-4-3-11-28(33)35(25-41(42)45)26-19-21-32-31-13-6-9-17-38(31)44-39(32)23-26/h3-25,44H,1-2H3. The first-order valence-electron chi connectivity index (χ1n) is 15.8. The largest absolute Gasteiger partial charge is 0.354 e. The third-order valence-corrected chi connectivity index (χ3v) is 10.3. The number of aromatic nitrogens is 2. The average molecular weight is 575 g/mol. The van der Waals surface area contributed by atoms with Gasteiger partial charge in [0.15, 0.2) is 0 Å². The van der Waals surface area contributed by atoms with Crippen molar-refractivity contribution in [2.45, 2.75) is 19.3 Å². The van der Waals surface area contributed by atoms with Crippen LogP contribution in [0.2, 0.25) is 0 Å². The van der Waals surface area contributed by atoms with Crippen molar-refractivity contribution in [3.05, 3.63) is 151 Å². The fourth-order valence-electron chi connectivity index (χ4n) is 8.20. The first kappa shape index (κ1) is 24.8. The Morgan fingerprint density at radius 2 is 1.16 bits per heavy atom. The van der Waals surface area contributed by atoms with Crippen LogP contribution in [-0.2, 0) is 5.41 Å². The summed E-state index contributed by atoms with van der Waals surface area (Å²) in [5.41, 5.74) is 13.9. The highest BCUT2D eigenvalue weighted by Gasteiger charge is 2.35. The van der Waals surface area contributed by atoms with Crippen molar-refractivity contribution in [1.82, 2.24) is 9.55 Å². The number of benzene rings is 7. The van der Waals surface area contributed by atoms with E-state index in [1.165, 1.54) is 93.5 Å². The lowest BCUT2D eigenvalue weighted by atomic mass is 9.82. The van der Waals surface area contributed by atoms with E-state index in [1.807, 2.05) is 0 Å². The molecule has 212 valence electrons. The normalized spacial score (nSPS) is 13.7. The molecule has 2 heterocycles. The van der Waals surface area contributed by atoms with E-state index in [9.17, 15) is 0 Å². The molecule has 0 bridgehead atoms. The molecule has 0 saturated heterocycles. The third kappa shape index (κ3) is 3.29. The SMILES string of the molecule is CC1(C)c2ccccc2-c2ccc(-n3c4ccccc4c4c5ccccc5c(-c5ccc6c(c5)[nH]c5ccccc56)cc43)cc21. The predicted octanol–water partition coefficient (Wildman–Crippen LogP) is 11.5. The zero-order chi connectivity index (χ0) is 29.9. The van der Waals surface area contributed by atoms with Crippen molar-refractivity contribution in [1.29, 1.82) is 0 Å². The van der Waals surface area contributed by atoms with Crippen molar-refractivity contribution in [2.24, 2.45) is 0 Å². The van der Waals surface area contributed by atoms with E-state index in [4.69, 9.17) is 0 Å². The molecule has 0 unspecified atom stereocenters. The minimum Gasteiger partial charge on any atom is -0.354 e. The maximum absolute atomic E-state index is 3.67. The first-order valence-corrected chi connectivity index (χ1v) is 15.8. The number of H-pyrrole nitrogens is 1. The fraction of sp³-hybridized carbons (Fsp3) is 0.0698. The second kappa shape index (κ2) is 8.74. The molecule has 9 aromatic rings. The van der Waals surface area contributed by atoms with Crippen LogP contribution in [0.15, 0.2) is 140 Å². The van der Waals surface area contributed by atoms with E-state index in [0.29, 0.717) is 0 Å². The van der Waals surface area contributed by atoms with Gasteiger partial charge in [-0.1, -0.05) is 117 Å². The molecule has 10 rings (SSSR count). The van der Waals surface area contributed by atoms with Gasteiger partial charge in [0.2, 0.25) is 0 Å². The highest BCUT2D eigenvalue weighted by atomic mass is 15.0. The number of nitrogens with zero attached hydrogens (tertiary/aromatic N) is 1. The first-order chi connectivity index (χ1) is 22.1. The second-order valence-electron chi connectivity index (χ2n) is 13.0. The Morgan fingerprint density at radius 1 is 0.467 bits per heavy atom. The van der Waals surface area contributed by atoms with E-state index in [0.717, 1.165) is 0 Å². The quantitative estimate of drug-likeness (QED) is 0.212. The molecule has 0 saturated carbocycles. The van der Waals surface area contributed by atoms with Gasteiger partial charge in [0.1, 0.15) is 0 Å². The minimum absolute atomic E-state index is 0.0620. The molecule has 2 heteroatoms. The highest BCUT2D eigenvalue weighted by Crippen LogP contribution is 2.50. The van der Waals surface area contributed by atoms with Crippen LogP contribution in [0.1, 0.15) is 25.0 Å². The van der Waals surface area contributed by atoms with Gasteiger partial charge >= 0.3 is 0 Å². The van der Waals surface area contributed by atoms with Crippen LogP contribution < -0.4 is 0 Å². The molecule has 0 radical (unpaired) electrons. The summed E-state index contributed by atoms with van der Waals surface area (Å²) in [6, 6.07) is 51.6. The van der Waals surface area contributed by atoms with Gasteiger partial charge in [-0.3, -0.25) is 0 Å². The summed E-state index contributed by atoms with van der Waals surface area (Å²) in [6.45, 7) is 4.72. The Bertz CT molecular complexity index is 2680. The van der Waals surface area contributed by atoms with Gasteiger partial charge in [-0.2, -0.15) is 0 Å². The van der Waals surface area contributed by atoms with Crippen molar-refractivity contribution in [3.8, 4) is 27.9 Å². The van der Waals surface area contributed by atoms with Gasteiger partial charge in [-0.05, 0) is 80.6 Å². The molecule has 1 aliphatic carbocycles. The second-order valence-corrected chi connectivity index (χ2v) is 13.0. The van der Waals surface area contributed by atoms with Crippen LogP contribution >= 0.6 is 0 Å². The average Bonchev–Trinajstić information content (AvgIpc) is 3.70. The lowest BCUT2D eigenvalue weighted by Gasteiger charge is -2.22. The topological polar surface area (TPSA) is 20.7 Å². The van der Waals surface area contributed by atoms with Crippen molar-refractivity contribution in [2.75, 3.05) is 0 Å². The van der Waals surface area contributed by atoms with Crippen LogP contribution in [0.5, 0.6) is 0 Å². The number of nitrogens with one attached hydrogen (secondary N) is 1. The Kier molecular flexibility index (Phi) is 4.82. The van der Waals surface area contributed by atoms with E-state index >= 15 is 0 Å². The van der Waals surface area contributed by atoms with E-state index in [1.54, 1.807) is 0 Å². The predicted molar refractivity (Wildman–Crippen MR) is 191 cm³/mol. The summed E-state index contributed by atoms with van der Waals surface area (Å²) in [7, 11) is 0. The van der Waals surface area contributed by atoms with E-state index in [2.05, 4.69) is 163 Å². The molecule has 1 N–H and O–H groups in total. The number of hydrogen-bond donors (Lipinski definition) is 1. The molecule has 0 spiro atoms. The van der Waals surface area contributed by atoms with Gasteiger partial charge < -0.3 is 9.55 Å². The van der Waals surface area contributed by atoms with Gasteiger partial charge in [0.25, 0.3) is 0 Å². The summed E-state index contributed by atoms with van der Waals surface area (Å²) < 4.78 is 2.49. The van der Waals surface area contributed by atoms with Gasteiger partial charge in [0.05, 0.1) is 11.0 Å². The van der Waals surface area contributed by atoms with Crippen molar-refractivity contribution in [3.63, 3.8) is 0 Å².